The third-order valence-corrected chi connectivity index (χ3v) is 2.37. The van der Waals surface area contributed by atoms with Crippen LogP contribution in [0.2, 0.25) is 5.02 Å². The van der Waals surface area contributed by atoms with Crippen molar-refractivity contribution in [3.63, 3.8) is 0 Å². The molecule has 0 fully saturated rings. The molecule has 0 saturated heterocycles. The van der Waals surface area contributed by atoms with Gasteiger partial charge in [0, 0.05) is 11.9 Å². The van der Waals surface area contributed by atoms with Crippen LogP contribution in [0.1, 0.15) is 25.8 Å². The zero-order valence-electron chi connectivity index (χ0n) is 9.50. The predicted octanol–water partition coefficient (Wildman–Crippen LogP) is 3.70. The number of carbonyl (C=O) groups excluding carboxylic acids is 1. The molecule has 16 heavy (non-hydrogen) atoms. The van der Waals surface area contributed by atoms with E-state index in [4.69, 9.17) is 16.3 Å². The standard InChI is InChI=1S/C13H15ClO2/c1-3-11(9-16-10(2)15)7-12-5-4-6-13(14)8-12/h4-8H,3,9H2,1-2H3/b11-7+. The quantitative estimate of drug-likeness (QED) is 0.748. The third-order valence-electron chi connectivity index (χ3n) is 2.13. The van der Waals surface area contributed by atoms with E-state index in [1.54, 1.807) is 0 Å². The molecule has 0 radical (unpaired) electrons. The van der Waals surface area contributed by atoms with E-state index in [2.05, 4.69) is 0 Å². The number of benzene rings is 1. The Morgan fingerprint density at radius 1 is 1.50 bits per heavy atom. The van der Waals surface area contributed by atoms with Gasteiger partial charge in [-0.2, -0.15) is 0 Å². The Morgan fingerprint density at radius 2 is 2.25 bits per heavy atom. The molecule has 1 aromatic carbocycles. The number of rotatable bonds is 4. The summed E-state index contributed by atoms with van der Waals surface area (Å²) in [5.41, 5.74) is 2.09. The fourth-order valence-corrected chi connectivity index (χ4v) is 1.47. The van der Waals surface area contributed by atoms with Crippen LogP contribution in [0.15, 0.2) is 29.8 Å². The molecule has 0 heterocycles. The largest absolute Gasteiger partial charge is 0.461 e. The first-order valence-electron chi connectivity index (χ1n) is 5.20. The van der Waals surface area contributed by atoms with Crippen LogP contribution in [0.5, 0.6) is 0 Å². The zero-order valence-corrected chi connectivity index (χ0v) is 10.3. The van der Waals surface area contributed by atoms with Crippen molar-refractivity contribution in [1.29, 1.82) is 0 Å². The molecule has 0 aliphatic rings. The highest BCUT2D eigenvalue weighted by Crippen LogP contribution is 2.15. The van der Waals surface area contributed by atoms with Gasteiger partial charge in [0.2, 0.25) is 0 Å². The van der Waals surface area contributed by atoms with Crippen molar-refractivity contribution in [3.8, 4) is 0 Å². The van der Waals surface area contributed by atoms with Crippen molar-refractivity contribution >= 4 is 23.6 Å². The first-order valence-corrected chi connectivity index (χ1v) is 5.58. The van der Waals surface area contributed by atoms with Crippen molar-refractivity contribution in [2.75, 3.05) is 6.61 Å². The van der Waals surface area contributed by atoms with Crippen molar-refractivity contribution in [1.82, 2.24) is 0 Å². The van der Waals surface area contributed by atoms with E-state index in [1.165, 1.54) is 6.92 Å². The molecular weight excluding hydrogens is 224 g/mol. The number of ether oxygens (including phenoxy) is 1. The first kappa shape index (κ1) is 12.8. The summed E-state index contributed by atoms with van der Waals surface area (Å²) in [7, 11) is 0. The molecule has 0 amide bonds. The number of carbonyl (C=O) groups is 1. The van der Waals surface area contributed by atoms with E-state index in [0.29, 0.717) is 11.6 Å². The highest BCUT2D eigenvalue weighted by molar-refractivity contribution is 6.30. The lowest BCUT2D eigenvalue weighted by molar-refractivity contribution is -0.139. The molecule has 0 aliphatic heterocycles. The Morgan fingerprint density at radius 3 is 2.81 bits per heavy atom. The van der Waals surface area contributed by atoms with Crippen molar-refractivity contribution < 1.29 is 9.53 Å². The predicted molar refractivity (Wildman–Crippen MR) is 66.4 cm³/mol. The van der Waals surface area contributed by atoms with E-state index in [-0.39, 0.29) is 5.97 Å². The van der Waals surface area contributed by atoms with Crippen LogP contribution in [-0.2, 0) is 9.53 Å². The summed E-state index contributed by atoms with van der Waals surface area (Å²) in [4.78, 5) is 10.7. The van der Waals surface area contributed by atoms with E-state index in [9.17, 15) is 4.79 Å². The summed E-state index contributed by atoms with van der Waals surface area (Å²) in [5.74, 6) is -0.259. The van der Waals surface area contributed by atoms with E-state index >= 15 is 0 Å². The molecule has 0 unspecified atom stereocenters. The second-order valence-electron chi connectivity index (χ2n) is 3.49. The van der Waals surface area contributed by atoms with Gasteiger partial charge in [0.1, 0.15) is 6.61 Å². The highest BCUT2D eigenvalue weighted by atomic mass is 35.5. The lowest BCUT2D eigenvalue weighted by Gasteiger charge is -2.05. The maximum absolute atomic E-state index is 10.7. The Bertz CT molecular complexity index is 397. The molecule has 0 saturated carbocycles. The van der Waals surface area contributed by atoms with Gasteiger partial charge in [-0.15, -0.1) is 0 Å². The van der Waals surface area contributed by atoms with Gasteiger partial charge in [0.05, 0.1) is 0 Å². The Kier molecular flexibility index (Phi) is 5.06. The minimum Gasteiger partial charge on any atom is -0.461 e. The Balaban J connectivity index is 2.75. The molecule has 0 N–H and O–H groups in total. The van der Waals surface area contributed by atoms with Gasteiger partial charge >= 0.3 is 5.97 Å². The van der Waals surface area contributed by atoms with Crippen LogP contribution >= 0.6 is 11.6 Å². The van der Waals surface area contributed by atoms with Crippen LogP contribution < -0.4 is 0 Å². The average molecular weight is 239 g/mol. The molecule has 0 atom stereocenters. The summed E-state index contributed by atoms with van der Waals surface area (Å²) in [6, 6.07) is 7.57. The van der Waals surface area contributed by atoms with Gasteiger partial charge in [-0.25, -0.2) is 0 Å². The molecule has 0 spiro atoms. The normalized spacial score (nSPS) is 11.3. The Labute approximate surface area is 101 Å². The summed E-state index contributed by atoms with van der Waals surface area (Å²) >= 11 is 5.88. The third kappa shape index (κ3) is 4.49. The Hall–Kier alpha value is -1.28. The van der Waals surface area contributed by atoms with Crippen molar-refractivity contribution in [2.24, 2.45) is 0 Å². The molecular formula is C13H15ClO2. The summed E-state index contributed by atoms with van der Waals surface area (Å²) in [5, 5.41) is 0.705. The smallest absolute Gasteiger partial charge is 0.302 e. The molecule has 86 valence electrons. The average Bonchev–Trinajstić information content (AvgIpc) is 2.24. The number of esters is 1. The lowest BCUT2D eigenvalue weighted by atomic mass is 10.1. The van der Waals surface area contributed by atoms with E-state index in [1.807, 2.05) is 37.3 Å². The molecule has 3 heteroatoms. The van der Waals surface area contributed by atoms with Crippen molar-refractivity contribution in [2.45, 2.75) is 20.3 Å². The van der Waals surface area contributed by atoms with Gasteiger partial charge in [-0.05, 0) is 29.7 Å². The molecule has 0 aromatic heterocycles. The second-order valence-corrected chi connectivity index (χ2v) is 3.93. The SMILES string of the molecule is CC/C(=C\c1cccc(Cl)c1)COC(C)=O. The van der Waals surface area contributed by atoms with Gasteiger partial charge < -0.3 is 4.74 Å². The molecule has 0 aliphatic carbocycles. The number of hydrogen-bond donors (Lipinski definition) is 0. The fourth-order valence-electron chi connectivity index (χ4n) is 1.27. The first-order chi connectivity index (χ1) is 7.61. The molecule has 1 aromatic rings. The lowest BCUT2D eigenvalue weighted by Crippen LogP contribution is -2.02. The van der Waals surface area contributed by atoms with E-state index in [0.717, 1.165) is 17.6 Å². The maximum Gasteiger partial charge on any atom is 0.302 e. The molecule has 2 nitrogen and oxygen atoms in total. The topological polar surface area (TPSA) is 26.3 Å². The minimum absolute atomic E-state index is 0.259. The fraction of sp³-hybridized carbons (Fsp3) is 0.308. The van der Waals surface area contributed by atoms with Gasteiger partial charge in [0.25, 0.3) is 0 Å². The van der Waals surface area contributed by atoms with Gasteiger partial charge in [-0.3, -0.25) is 4.79 Å². The van der Waals surface area contributed by atoms with Crippen LogP contribution in [-0.4, -0.2) is 12.6 Å². The van der Waals surface area contributed by atoms with E-state index < -0.39 is 0 Å². The summed E-state index contributed by atoms with van der Waals surface area (Å²) < 4.78 is 4.96. The summed E-state index contributed by atoms with van der Waals surface area (Å²) in [6.45, 7) is 3.78. The second kappa shape index (κ2) is 6.33. The monoisotopic (exact) mass is 238 g/mol. The van der Waals surface area contributed by atoms with Gasteiger partial charge in [-0.1, -0.05) is 36.7 Å². The van der Waals surface area contributed by atoms with Crippen LogP contribution in [0.4, 0.5) is 0 Å². The maximum atomic E-state index is 10.7. The number of halogens is 1. The summed E-state index contributed by atoms with van der Waals surface area (Å²) in [6.07, 6.45) is 2.84. The molecule has 0 bridgehead atoms. The zero-order chi connectivity index (χ0) is 12.0. The minimum atomic E-state index is -0.259. The highest BCUT2D eigenvalue weighted by Gasteiger charge is 1.99. The molecule has 1 rings (SSSR count). The van der Waals surface area contributed by atoms with Crippen LogP contribution in [0.3, 0.4) is 0 Å². The van der Waals surface area contributed by atoms with Gasteiger partial charge in [0.15, 0.2) is 0 Å². The van der Waals surface area contributed by atoms with Crippen LogP contribution in [0.25, 0.3) is 6.08 Å². The number of hydrogen-bond acceptors (Lipinski definition) is 2. The van der Waals surface area contributed by atoms with Crippen molar-refractivity contribution in [3.05, 3.63) is 40.4 Å². The van der Waals surface area contributed by atoms with Crippen LogP contribution in [0, 0.1) is 0 Å².